The van der Waals surface area contributed by atoms with Crippen molar-refractivity contribution in [1.82, 2.24) is 9.88 Å². The standard InChI is InChI=1S/C12H14F3N3O/c1-9(19)17-4-6-18(7-5-17)10-2-3-11(16-8-10)12(13,14)15/h2-3,8H,4-7H2,1H3. The van der Waals surface area contributed by atoms with Crippen LogP contribution < -0.4 is 4.90 Å². The van der Waals surface area contributed by atoms with Gasteiger partial charge in [-0.2, -0.15) is 13.2 Å². The van der Waals surface area contributed by atoms with E-state index in [4.69, 9.17) is 0 Å². The average Bonchev–Trinajstić information content (AvgIpc) is 2.38. The topological polar surface area (TPSA) is 36.4 Å². The van der Waals surface area contributed by atoms with Gasteiger partial charge in [0, 0.05) is 33.1 Å². The van der Waals surface area contributed by atoms with Gasteiger partial charge in [0.25, 0.3) is 0 Å². The van der Waals surface area contributed by atoms with Crippen LogP contribution >= 0.6 is 0 Å². The zero-order chi connectivity index (χ0) is 14.0. The Balaban J connectivity index is 2.02. The SMILES string of the molecule is CC(=O)N1CCN(c2ccc(C(F)(F)F)nc2)CC1. The molecule has 4 nitrogen and oxygen atoms in total. The quantitative estimate of drug-likeness (QED) is 0.782. The molecule has 0 saturated carbocycles. The number of anilines is 1. The van der Waals surface area contributed by atoms with Crippen molar-refractivity contribution in [2.24, 2.45) is 0 Å². The van der Waals surface area contributed by atoms with E-state index in [0.717, 1.165) is 6.07 Å². The molecule has 0 aromatic carbocycles. The molecule has 1 aliphatic rings. The summed E-state index contributed by atoms with van der Waals surface area (Å²) in [6.07, 6.45) is -3.18. The normalized spacial score (nSPS) is 16.6. The van der Waals surface area contributed by atoms with Gasteiger partial charge in [-0.3, -0.25) is 4.79 Å². The van der Waals surface area contributed by atoms with Crippen molar-refractivity contribution < 1.29 is 18.0 Å². The molecule has 1 aromatic heterocycles. The van der Waals surface area contributed by atoms with E-state index in [9.17, 15) is 18.0 Å². The van der Waals surface area contributed by atoms with Crippen LogP contribution in [-0.4, -0.2) is 42.0 Å². The van der Waals surface area contributed by atoms with Gasteiger partial charge in [-0.1, -0.05) is 0 Å². The highest BCUT2D eigenvalue weighted by Crippen LogP contribution is 2.28. The number of rotatable bonds is 1. The maximum absolute atomic E-state index is 12.4. The van der Waals surface area contributed by atoms with Crippen LogP contribution in [-0.2, 0) is 11.0 Å². The summed E-state index contributed by atoms with van der Waals surface area (Å²) in [5.41, 5.74) is -0.241. The van der Waals surface area contributed by atoms with Gasteiger partial charge in [0.2, 0.25) is 5.91 Å². The number of pyridine rings is 1. The third kappa shape index (κ3) is 3.15. The minimum absolute atomic E-state index is 0.0187. The predicted molar refractivity (Wildman–Crippen MR) is 63.7 cm³/mol. The molecule has 0 spiro atoms. The van der Waals surface area contributed by atoms with Gasteiger partial charge >= 0.3 is 6.18 Å². The first-order valence-corrected chi connectivity index (χ1v) is 5.91. The Morgan fingerprint density at radius 1 is 1.21 bits per heavy atom. The van der Waals surface area contributed by atoms with Crippen molar-refractivity contribution in [3.8, 4) is 0 Å². The van der Waals surface area contributed by atoms with Crippen LogP contribution in [0.15, 0.2) is 18.3 Å². The van der Waals surface area contributed by atoms with E-state index in [1.807, 2.05) is 4.90 Å². The molecule has 2 heterocycles. The van der Waals surface area contributed by atoms with Crippen LogP contribution in [0.25, 0.3) is 0 Å². The summed E-state index contributed by atoms with van der Waals surface area (Å²) in [5.74, 6) is 0.0187. The van der Waals surface area contributed by atoms with Crippen molar-refractivity contribution in [1.29, 1.82) is 0 Å². The highest BCUT2D eigenvalue weighted by atomic mass is 19.4. The van der Waals surface area contributed by atoms with Crippen molar-refractivity contribution in [3.05, 3.63) is 24.0 Å². The molecule has 2 rings (SSSR count). The Hall–Kier alpha value is -1.79. The zero-order valence-corrected chi connectivity index (χ0v) is 10.4. The second-order valence-corrected chi connectivity index (χ2v) is 4.39. The van der Waals surface area contributed by atoms with Crippen LogP contribution in [0.3, 0.4) is 0 Å². The Morgan fingerprint density at radius 3 is 2.26 bits per heavy atom. The van der Waals surface area contributed by atoms with Gasteiger partial charge < -0.3 is 9.80 Å². The summed E-state index contributed by atoms with van der Waals surface area (Å²) in [6.45, 7) is 3.88. The smallest absolute Gasteiger partial charge is 0.367 e. The summed E-state index contributed by atoms with van der Waals surface area (Å²) in [6, 6.07) is 2.39. The second kappa shape index (κ2) is 5.07. The highest BCUT2D eigenvalue weighted by Gasteiger charge is 2.32. The maximum atomic E-state index is 12.4. The molecule has 0 N–H and O–H groups in total. The van der Waals surface area contributed by atoms with E-state index < -0.39 is 11.9 Å². The minimum atomic E-state index is -4.41. The minimum Gasteiger partial charge on any atom is -0.367 e. The van der Waals surface area contributed by atoms with Gasteiger partial charge in [0.1, 0.15) is 5.69 Å². The number of aromatic nitrogens is 1. The summed E-state index contributed by atoms with van der Waals surface area (Å²) in [7, 11) is 0. The Kier molecular flexibility index (Phi) is 3.64. The van der Waals surface area contributed by atoms with Gasteiger partial charge in [0.15, 0.2) is 0 Å². The van der Waals surface area contributed by atoms with Crippen LogP contribution in [0.2, 0.25) is 0 Å². The largest absolute Gasteiger partial charge is 0.433 e. The Morgan fingerprint density at radius 2 is 1.84 bits per heavy atom. The van der Waals surface area contributed by atoms with Gasteiger partial charge in [-0.25, -0.2) is 4.98 Å². The number of carbonyl (C=O) groups is 1. The van der Waals surface area contributed by atoms with Gasteiger partial charge in [0.05, 0.1) is 11.9 Å². The van der Waals surface area contributed by atoms with E-state index in [2.05, 4.69) is 4.98 Å². The molecule has 0 aliphatic carbocycles. The fourth-order valence-electron chi connectivity index (χ4n) is 2.02. The highest BCUT2D eigenvalue weighted by molar-refractivity contribution is 5.73. The van der Waals surface area contributed by atoms with Gasteiger partial charge in [-0.05, 0) is 12.1 Å². The number of hydrogen-bond acceptors (Lipinski definition) is 3. The lowest BCUT2D eigenvalue weighted by atomic mass is 10.2. The van der Waals surface area contributed by atoms with Crippen molar-refractivity contribution in [2.75, 3.05) is 31.1 Å². The predicted octanol–water partition coefficient (Wildman–Crippen LogP) is 1.77. The molecule has 1 amide bonds. The molecule has 1 aliphatic heterocycles. The molecule has 0 atom stereocenters. The molecule has 1 saturated heterocycles. The molecule has 1 aromatic rings. The molecule has 0 radical (unpaired) electrons. The fraction of sp³-hybridized carbons (Fsp3) is 0.500. The van der Waals surface area contributed by atoms with Crippen LogP contribution in [0.5, 0.6) is 0 Å². The molecular formula is C12H14F3N3O. The maximum Gasteiger partial charge on any atom is 0.433 e. The average molecular weight is 273 g/mol. The number of nitrogens with zero attached hydrogens (tertiary/aromatic N) is 3. The van der Waals surface area contributed by atoms with E-state index in [0.29, 0.717) is 31.9 Å². The third-order valence-corrected chi connectivity index (χ3v) is 3.13. The number of carbonyl (C=O) groups excluding carboxylic acids is 1. The summed E-state index contributed by atoms with van der Waals surface area (Å²) >= 11 is 0. The zero-order valence-electron chi connectivity index (χ0n) is 10.4. The Labute approximate surface area is 108 Å². The van der Waals surface area contributed by atoms with Gasteiger partial charge in [-0.15, -0.1) is 0 Å². The van der Waals surface area contributed by atoms with Crippen molar-refractivity contribution >= 4 is 11.6 Å². The van der Waals surface area contributed by atoms with Crippen LogP contribution in [0.4, 0.5) is 18.9 Å². The van der Waals surface area contributed by atoms with Crippen molar-refractivity contribution in [2.45, 2.75) is 13.1 Å². The molecule has 104 valence electrons. The Bertz CT molecular complexity index is 450. The fourth-order valence-corrected chi connectivity index (χ4v) is 2.02. The van der Waals surface area contributed by atoms with E-state index >= 15 is 0 Å². The first-order chi connectivity index (χ1) is 8.88. The first kappa shape index (κ1) is 13.6. The monoisotopic (exact) mass is 273 g/mol. The van der Waals surface area contributed by atoms with E-state index in [1.165, 1.54) is 19.2 Å². The summed E-state index contributed by atoms with van der Waals surface area (Å²) in [5, 5.41) is 0. The van der Waals surface area contributed by atoms with Crippen molar-refractivity contribution in [3.63, 3.8) is 0 Å². The lowest BCUT2D eigenvalue weighted by Crippen LogP contribution is -2.48. The summed E-state index contributed by atoms with van der Waals surface area (Å²) < 4.78 is 37.1. The molecule has 7 heteroatoms. The number of amides is 1. The third-order valence-electron chi connectivity index (χ3n) is 3.13. The molecular weight excluding hydrogens is 259 g/mol. The number of halogens is 3. The number of hydrogen-bond donors (Lipinski definition) is 0. The molecule has 0 unspecified atom stereocenters. The second-order valence-electron chi connectivity index (χ2n) is 4.39. The summed E-state index contributed by atoms with van der Waals surface area (Å²) in [4.78, 5) is 18.2. The number of piperazine rings is 1. The van der Waals surface area contributed by atoms with E-state index in [-0.39, 0.29) is 5.91 Å². The lowest BCUT2D eigenvalue weighted by molar-refractivity contribution is -0.141. The molecule has 0 bridgehead atoms. The lowest BCUT2D eigenvalue weighted by Gasteiger charge is -2.35. The number of alkyl halides is 3. The first-order valence-electron chi connectivity index (χ1n) is 5.91. The van der Waals surface area contributed by atoms with E-state index in [1.54, 1.807) is 4.90 Å². The van der Waals surface area contributed by atoms with Crippen LogP contribution in [0.1, 0.15) is 12.6 Å². The van der Waals surface area contributed by atoms with Crippen LogP contribution in [0, 0.1) is 0 Å². The molecule has 19 heavy (non-hydrogen) atoms. The molecule has 1 fully saturated rings.